The molecule has 0 saturated carbocycles. The fourth-order valence-corrected chi connectivity index (χ4v) is 3.03. The summed E-state index contributed by atoms with van der Waals surface area (Å²) in [5.41, 5.74) is 2.01. The minimum atomic E-state index is 0.699. The first-order chi connectivity index (χ1) is 8.72. The lowest BCUT2D eigenvalue weighted by Crippen LogP contribution is -1.83. The van der Waals surface area contributed by atoms with E-state index in [4.69, 9.17) is 5.26 Å². The van der Waals surface area contributed by atoms with Crippen molar-refractivity contribution >= 4 is 27.7 Å². The van der Waals surface area contributed by atoms with Crippen LogP contribution < -0.4 is 0 Å². The third-order valence-electron chi connectivity index (χ3n) is 2.62. The van der Waals surface area contributed by atoms with Gasteiger partial charge in [-0.1, -0.05) is 34.6 Å². The quantitative estimate of drug-likeness (QED) is 0.792. The van der Waals surface area contributed by atoms with E-state index in [2.05, 4.69) is 47.1 Å². The van der Waals surface area contributed by atoms with Gasteiger partial charge in [-0.15, -0.1) is 0 Å². The summed E-state index contributed by atoms with van der Waals surface area (Å²) in [5, 5.41) is 8.76. The third-order valence-corrected chi connectivity index (χ3v) is 4.39. The number of nitriles is 1. The molecule has 0 aliphatic carbocycles. The van der Waals surface area contributed by atoms with Crippen LogP contribution in [0.1, 0.15) is 18.1 Å². The Labute approximate surface area is 120 Å². The van der Waals surface area contributed by atoms with Gasteiger partial charge in [0.2, 0.25) is 0 Å². The van der Waals surface area contributed by atoms with Crippen LogP contribution in [0.25, 0.3) is 0 Å². The Morgan fingerprint density at radius 3 is 2.39 bits per heavy atom. The van der Waals surface area contributed by atoms with Crippen molar-refractivity contribution in [3.8, 4) is 6.07 Å². The van der Waals surface area contributed by atoms with E-state index in [9.17, 15) is 0 Å². The molecule has 0 saturated heterocycles. The van der Waals surface area contributed by atoms with Crippen molar-refractivity contribution in [3.05, 3.63) is 58.1 Å². The lowest BCUT2D eigenvalue weighted by molar-refractivity contribution is 1.11. The highest BCUT2D eigenvalue weighted by molar-refractivity contribution is 9.10. The predicted octanol–water partition coefficient (Wildman–Crippen LogP) is 5.03. The molecule has 3 heteroatoms. The Hall–Kier alpha value is -1.24. The van der Waals surface area contributed by atoms with E-state index < -0.39 is 0 Å². The van der Waals surface area contributed by atoms with Gasteiger partial charge in [0.05, 0.1) is 11.6 Å². The van der Waals surface area contributed by atoms with Crippen LogP contribution in [0.3, 0.4) is 0 Å². The molecule has 2 aromatic carbocycles. The molecule has 1 nitrogen and oxygen atoms in total. The maximum atomic E-state index is 8.76. The molecule has 0 atom stereocenters. The molecular weight excluding hydrogens is 306 g/mol. The smallest absolute Gasteiger partial charge is 0.0991 e. The lowest BCUT2D eigenvalue weighted by Gasteiger charge is -2.06. The minimum Gasteiger partial charge on any atom is -0.192 e. The topological polar surface area (TPSA) is 23.8 Å². The molecule has 0 spiro atoms. The molecular formula is C15H12BrNS. The maximum absolute atomic E-state index is 8.76. The summed E-state index contributed by atoms with van der Waals surface area (Å²) in [6, 6.07) is 16.2. The molecule has 0 N–H and O–H groups in total. The van der Waals surface area contributed by atoms with E-state index >= 15 is 0 Å². The first kappa shape index (κ1) is 13.2. The number of hydrogen-bond donors (Lipinski definition) is 0. The summed E-state index contributed by atoms with van der Waals surface area (Å²) < 4.78 is 1.16. The standard InChI is InChI=1S/C15H12BrNS/c1-2-12-9-14(7-8-15(12)16)18-13-5-3-11(10-17)4-6-13/h3-9H,2H2,1H3. The third kappa shape index (κ3) is 3.16. The minimum absolute atomic E-state index is 0.699. The Balaban J connectivity index is 2.20. The van der Waals surface area contributed by atoms with Gasteiger partial charge in [0.25, 0.3) is 0 Å². The summed E-state index contributed by atoms with van der Waals surface area (Å²) in [6.45, 7) is 2.15. The summed E-state index contributed by atoms with van der Waals surface area (Å²) in [6.07, 6.45) is 1.02. The van der Waals surface area contributed by atoms with Gasteiger partial charge in [0.1, 0.15) is 0 Å². The van der Waals surface area contributed by atoms with E-state index in [0.717, 1.165) is 15.8 Å². The van der Waals surface area contributed by atoms with Gasteiger partial charge in [-0.05, 0) is 54.4 Å². The molecule has 2 aromatic rings. The summed E-state index contributed by atoms with van der Waals surface area (Å²) in [7, 11) is 0. The molecule has 0 heterocycles. The number of halogens is 1. The number of rotatable bonds is 3. The van der Waals surface area contributed by atoms with Gasteiger partial charge < -0.3 is 0 Å². The van der Waals surface area contributed by atoms with Crippen molar-refractivity contribution in [2.45, 2.75) is 23.1 Å². The zero-order valence-electron chi connectivity index (χ0n) is 9.98. The highest BCUT2D eigenvalue weighted by Crippen LogP contribution is 2.30. The molecule has 0 unspecified atom stereocenters. The van der Waals surface area contributed by atoms with Crippen molar-refractivity contribution in [2.75, 3.05) is 0 Å². The van der Waals surface area contributed by atoms with E-state index in [0.29, 0.717) is 5.56 Å². The van der Waals surface area contributed by atoms with Crippen molar-refractivity contribution in [3.63, 3.8) is 0 Å². The monoisotopic (exact) mass is 317 g/mol. The molecule has 0 aliphatic rings. The number of aryl methyl sites for hydroxylation is 1. The van der Waals surface area contributed by atoms with Crippen LogP contribution in [-0.2, 0) is 6.42 Å². The molecule has 90 valence electrons. The zero-order chi connectivity index (χ0) is 13.0. The number of benzene rings is 2. The first-order valence-electron chi connectivity index (χ1n) is 5.69. The van der Waals surface area contributed by atoms with Gasteiger partial charge in [0, 0.05) is 14.3 Å². The van der Waals surface area contributed by atoms with E-state index in [-0.39, 0.29) is 0 Å². The SMILES string of the molecule is CCc1cc(Sc2ccc(C#N)cc2)ccc1Br. The van der Waals surface area contributed by atoms with Gasteiger partial charge in [-0.3, -0.25) is 0 Å². The summed E-state index contributed by atoms with van der Waals surface area (Å²) >= 11 is 5.26. The molecule has 0 bridgehead atoms. The fraction of sp³-hybridized carbons (Fsp3) is 0.133. The van der Waals surface area contributed by atoms with Gasteiger partial charge in [-0.2, -0.15) is 5.26 Å². The Bertz CT molecular complexity index is 584. The van der Waals surface area contributed by atoms with Crippen LogP contribution in [0.15, 0.2) is 56.7 Å². The maximum Gasteiger partial charge on any atom is 0.0991 e. The second-order valence-corrected chi connectivity index (χ2v) is 5.85. The molecule has 18 heavy (non-hydrogen) atoms. The van der Waals surface area contributed by atoms with Crippen LogP contribution in [0.5, 0.6) is 0 Å². The first-order valence-corrected chi connectivity index (χ1v) is 7.30. The van der Waals surface area contributed by atoms with Crippen LogP contribution in [0.2, 0.25) is 0 Å². The second kappa shape index (κ2) is 6.08. The Morgan fingerprint density at radius 2 is 1.78 bits per heavy atom. The van der Waals surface area contributed by atoms with E-state index in [1.807, 2.05) is 24.3 Å². The Morgan fingerprint density at radius 1 is 1.11 bits per heavy atom. The summed E-state index contributed by atoms with van der Waals surface area (Å²) in [5.74, 6) is 0. The molecule has 0 aromatic heterocycles. The second-order valence-electron chi connectivity index (χ2n) is 3.85. The number of hydrogen-bond acceptors (Lipinski definition) is 2. The van der Waals surface area contributed by atoms with Crippen LogP contribution in [-0.4, -0.2) is 0 Å². The van der Waals surface area contributed by atoms with Crippen LogP contribution in [0.4, 0.5) is 0 Å². The zero-order valence-corrected chi connectivity index (χ0v) is 12.4. The molecule has 0 amide bonds. The van der Waals surface area contributed by atoms with Crippen molar-refractivity contribution in [2.24, 2.45) is 0 Å². The van der Waals surface area contributed by atoms with Crippen molar-refractivity contribution in [1.29, 1.82) is 5.26 Å². The number of nitrogens with zero attached hydrogens (tertiary/aromatic N) is 1. The molecule has 0 radical (unpaired) electrons. The van der Waals surface area contributed by atoms with Crippen molar-refractivity contribution in [1.82, 2.24) is 0 Å². The van der Waals surface area contributed by atoms with Crippen LogP contribution in [0, 0.1) is 11.3 Å². The molecule has 0 fully saturated rings. The molecule has 0 aliphatic heterocycles. The van der Waals surface area contributed by atoms with E-state index in [1.165, 1.54) is 10.5 Å². The van der Waals surface area contributed by atoms with Crippen molar-refractivity contribution < 1.29 is 0 Å². The molecule has 2 rings (SSSR count). The summed E-state index contributed by atoms with van der Waals surface area (Å²) in [4.78, 5) is 2.37. The Kier molecular flexibility index (Phi) is 4.46. The van der Waals surface area contributed by atoms with E-state index in [1.54, 1.807) is 11.8 Å². The average Bonchev–Trinajstić information content (AvgIpc) is 2.42. The largest absolute Gasteiger partial charge is 0.192 e. The van der Waals surface area contributed by atoms with Crippen LogP contribution >= 0.6 is 27.7 Å². The van der Waals surface area contributed by atoms with Gasteiger partial charge >= 0.3 is 0 Å². The predicted molar refractivity (Wildman–Crippen MR) is 78.8 cm³/mol. The normalized spacial score (nSPS) is 10.1. The van der Waals surface area contributed by atoms with Gasteiger partial charge in [-0.25, -0.2) is 0 Å². The van der Waals surface area contributed by atoms with Gasteiger partial charge in [0.15, 0.2) is 0 Å². The lowest BCUT2D eigenvalue weighted by atomic mass is 10.2. The average molecular weight is 318 g/mol. The fourth-order valence-electron chi connectivity index (χ4n) is 1.62. The highest BCUT2D eigenvalue weighted by Gasteiger charge is 2.02. The highest BCUT2D eigenvalue weighted by atomic mass is 79.9.